The Morgan fingerprint density at radius 2 is 2.16 bits per heavy atom. The molecule has 3 rings (SSSR count). The number of carbonyl (C=O) groups is 1. The summed E-state index contributed by atoms with van der Waals surface area (Å²) in [4.78, 5) is 12.6. The van der Waals surface area contributed by atoms with Crippen LogP contribution in [0.3, 0.4) is 0 Å². The quantitative estimate of drug-likeness (QED) is 0.587. The number of aromatic nitrogens is 1. The van der Waals surface area contributed by atoms with Crippen LogP contribution in [0.4, 0.5) is 0 Å². The van der Waals surface area contributed by atoms with Crippen LogP contribution in [0, 0.1) is 0 Å². The third kappa shape index (κ3) is 3.89. The van der Waals surface area contributed by atoms with Crippen molar-refractivity contribution < 1.29 is 14.3 Å². The Labute approximate surface area is 158 Å². The van der Waals surface area contributed by atoms with Crippen molar-refractivity contribution in [3.63, 3.8) is 0 Å². The summed E-state index contributed by atoms with van der Waals surface area (Å²) in [6.07, 6.45) is 0. The number of rotatable bonds is 7. The Kier molecular flexibility index (Phi) is 5.78. The van der Waals surface area contributed by atoms with Gasteiger partial charge >= 0.3 is 0 Å². The first-order valence-corrected chi connectivity index (χ1v) is 9.47. The molecule has 3 aromatic rings. The van der Waals surface area contributed by atoms with Gasteiger partial charge in [-0.15, -0.1) is 11.3 Å². The van der Waals surface area contributed by atoms with Gasteiger partial charge in [0.25, 0.3) is 5.91 Å². The number of methoxy groups -OCH3 is 2. The van der Waals surface area contributed by atoms with Crippen molar-refractivity contribution in [1.82, 2.24) is 9.88 Å². The molecule has 2 aromatic heterocycles. The molecule has 1 amide bonds. The van der Waals surface area contributed by atoms with Crippen LogP contribution in [0.25, 0.3) is 10.2 Å². The zero-order chi connectivity index (χ0) is 17.8. The first-order valence-electron chi connectivity index (χ1n) is 7.80. The second-order valence-electron chi connectivity index (χ2n) is 5.51. The van der Waals surface area contributed by atoms with Gasteiger partial charge in [0.15, 0.2) is 0 Å². The van der Waals surface area contributed by atoms with Crippen molar-refractivity contribution in [2.45, 2.75) is 6.54 Å². The molecule has 0 fully saturated rings. The molecule has 5 nitrogen and oxygen atoms in total. The van der Waals surface area contributed by atoms with Gasteiger partial charge < -0.3 is 19.4 Å². The minimum Gasteiger partial charge on any atom is -0.497 e. The fraction of sp³-hybridized carbons (Fsp3) is 0.278. The maximum atomic E-state index is 12.6. The Hall–Kier alpha value is -1.83. The van der Waals surface area contributed by atoms with E-state index in [9.17, 15) is 4.79 Å². The summed E-state index contributed by atoms with van der Waals surface area (Å²) in [5.74, 6) is 0.701. The summed E-state index contributed by atoms with van der Waals surface area (Å²) >= 11 is 5.21. The van der Waals surface area contributed by atoms with E-state index < -0.39 is 0 Å². The molecule has 0 aliphatic rings. The molecule has 0 aliphatic carbocycles. The first kappa shape index (κ1) is 18.0. The number of nitrogens with zero attached hydrogens (tertiary/aromatic N) is 1. The maximum absolute atomic E-state index is 12.6. The highest BCUT2D eigenvalue weighted by Crippen LogP contribution is 2.34. The normalized spacial score (nSPS) is 11.0. The fourth-order valence-corrected chi connectivity index (χ4v) is 4.39. The Balaban J connectivity index is 1.97. The van der Waals surface area contributed by atoms with Crippen LogP contribution >= 0.6 is 27.3 Å². The largest absolute Gasteiger partial charge is 0.497 e. The maximum Gasteiger partial charge on any atom is 0.268 e. The minimum absolute atomic E-state index is 0.102. The SMILES string of the molecule is COCCNC(=O)c1cc2scc(Br)c2n1Cc1cccc(OC)c1. The van der Waals surface area contributed by atoms with E-state index in [-0.39, 0.29) is 5.91 Å². The van der Waals surface area contributed by atoms with Crippen molar-refractivity contribution in [1.29, 1.82) is 0 Å². The van der Waals surface area contributed by atoms with E-state index in [4.69, 9.17) is 9.47 Å². The number of fused-ring (bicyclic) bond motifs is 1. The van der Waals surface area contributed by atoms with E-state index in [1.165, 1.54) is 0 Å². The van der Waals surface area contributed by atoms with Crippen LogP contribution in [0.5, 0.6) is 5.75 Å². The van der Waals surface area contributed by atoms with E-state index in [0.29, 0.717) is 25.4 Å². The van der Waals surface area contributed by atoms with Gasteiger partial charge in [0.1, 0.15) is 11.4 Å². The number of nitrogens with one attached hydrogen (secondary N) is 1. The summed E-state index contributed by atoms with van der Waals surface area (Å²) in [7, 11) is 3.27. The van der Waals surface area contributed by atoms with E-state index in [1.807, 2.05) is 40.3 Å². The highest BCUT2D eigenvalue weighted by atomic mass is 79.9. The standard InChI is InChI=1S/C18H19BrN2O3S/c1-23-7-6-20-18(22)15-9-16-17(14(19)11-25-16)21(15)10-12-4-3-5-13(8-12)24-2/h3-5,8-9,11H,6-7,10H2,1-2H3,(H,20,22). The summed E-state index contributed by atoms with van der Waals surface area (Å²) in [6, 6.07) is 9.82. The second kappa shape index (κ2) is 8.03. The molecule has 0 unspecified atom stereocenters. The van der Waals surface area contributed by atoms with Crippen molar-refractivity contribution in [3.05, 3.63) is 51.4 Å². The Morgan fingerprint density at radius 3 is 2.92 bits per heavy atom. The van der Waals surface area contributed by atoms with E-state index >= 15 is 0 Å². The molecule has 1 aromatic carbocycles. The van der Waals surface area contributed by atoms with Gasteiger partial charge in [0.2, 0.25) is 0 Å². The average Bonchev–Trinajstić information content (AvgIpc) is 3.16. The third-order valence-electron chi connectivity index (χ3n) is 3.88. The average molecular weight is 423 g/mol. The predicted molar refractivity (Wildman–Crippen MR) is 104 cm³/mol. The molecule has 25 heavy (non-hydrogen) atoms. The number of ether oxygens (including phenoxy) is 2. The zero-order valence-electron chi connectivity index (χ0n) is 14.0. The van der Waals surface area contributed by atoms with Crippen molar-refractivity contribution in [2.24, 2.45) is 0 Å². The lowest BCUT2D eigenvalue weighted by Gasteiger charge is -2.12. The smallest absolute Gasteiger partial charge is 0.268 e. The fourth-order valence-electron chi connectivity index (χ4n) is 2.69. The first-order chi connectivity index (χ1) is 12.1. The lowest BCUT2D eigenvalue weighted by atomic mass is 10.2. The van der Waals surface area contributed by atoms with Gasteiger partial charge in [-0.25, -0.2) is 0 Å². The molecule has 0 saturated heterocycles. The summed E-state index contributed by atoms with van der Waals surface area (Å²) < 4.78 is 14.4. The number of carbonyl (C=O) groups excluding carboxylic acids is 1. The van der Waals surface area contributed by atoms with Crippen molar-refractivity contribution in [2.75, 3.05) is 27.4 Å². The van der Waals surface area contributed by atoms with E-state index in [2.05, 4.69) is 21.2 Å². The molecular formula is C18H19BrN2O3S. The molecular weight excluding hydrogens is 404 g/mol. The predicted octanol–water partition coefficient (Wildman–Crippen LogP) is 3.90. The zero-order valence-corrected chi connectivity index (χ0v) is 16.4. The molecule has 1 N–H and O–H groups in total. The number of hydrogen-bond acceptors (Lipinski definition) is 4. The molecule has 0 atom stereocenters. The van der Waals surface area contributed by atoms with Crippen LogP contribution in [0.1, 0.15) is 16.1 Å². The lowest BCUT2D eigenvalue weighted by Crippen LogP contribution is -2.29. The minimum atomic E-state index is -0.102. The summed E-state index contributed by atoms with van der Waals surface area (Å²) in [5, 5.41) is 4.94. The van der Waals surface area contributed by atoms with Gasteiger partial charge in [-0.3, -0.25) is 4.79 Å². The summed E-state index contributed by atoms with van der Waals surface area (Å²) in [5.41, 5.74) is 2.74. The number of halogens is 1. The van der Waals surface area contributed by atoms with E-state index in [0.717, 1.165) is 26.0 Å². The number of benzene rings is 1. The van der Waals surface area contributed by atoms with Gasteiger partial charge in [0.05, 0.1) is 28.4 Å². The van der Waals surface area contributed by atoms with E-state index in [1.54, 1.807) is 25.6 Å². The molecule has 2 heterocycles. The highest BCUT2D eigenvalue weighted by Gasteiger charge is 2.19. The molecule has 0 saturated carbocycles. The van der Waals surface area contributed by atoms with Gasteiger partial charge in [0, 0.05) is 25.6 Å². The number of thiophene rings is 1. The molecule has 132 valence electrons. The molecule has 0 radical (unpaired) electrons. The Morgan fingerprint density at radius 1 is 1.32 bits per heavy atom. The van der Waals surface area contributed by atoms with Crippen molar-refractivity contribution in [3.8, 4) is 5.75 Å². The van der Waals surface area contributed by atoms with Crippen LogP contribution in [0.2, 0.25) is 0 Å². The lowest BCUT2D eigenvalue weighted by molar-refractivity contribution is 0.0928. The topological polar surface area (TPSA) is 52.5 Å². The van der Waals surface area contributed by atoms with Gasteiger partial charge in [-0.2, -0.15) is 0 Å². The number of hydrogen-bond donors (Lipinski definition) is 1. The van der Waals surface area contributed by atoms with Crippen molar-refractivity contribution >= 4 is 43.4 Å². The van der Waals surface area contributed by atoms with Crippen LogP contribution in [-0.4, -0.2) is 37.8 Å². The molecule has 7 heteroatoms. The number of amides is 1. The summed E-state index contributed by atoms with van der Waals surface area (Å²) in [6.45, 7) is 1.55. The highest BCUT2D eigenvalue weighted by molar-refractivity contribution is 9.10. The molecule has 0 aliphatic heterocycles. The van der Waals surface area contributed by atoms with Gasteiger partial charge in [-0.1, -0.05) is 12.1 Å². The van der Waals surface area contributed by atoms with Crippen LogP contribution in [-0.2, 0) is 11.3 Å². The molecule has 0 spiro atoms. The molecule has 0 bridgehead atoms. The Bertz CT molecular complexity index is 888. The second-order valence-corrected chi connectivity index (χ2v) is 7.28. The van der Waals surface area contributed by atoms with Crippen LogP contribution in [0.15, 0.2) is 40.2 Å². The van der Waals surface area contributed by atoms with Gasteiger partial charge in [-0.05, 0) is 39.7 Å². The third-order valence-corrected chi connectivity index (χ3v) is 5.70. The van der Waals surface area contributed by atoms with Crippen LogP contribution < -0.4 is 10.1 Å². The monoisotopic (exact) mass is 422 g/mol.